The number of piperidine rings is 1. The molecule has 1 aliphatic rings. The summed E-state index contributed by atoms with van der Waals surface area (Å²) in [6.45, 7) is 2.85. The van der Waals surface area contributed by atoms with Gasteiger partial charge in [-0.3, -0.25) is 0 Å². The van der Waals surface area contributed by atoms with Crippen LogP contribution in [0.2, 0.25) is 0 Å². The maximum absolute atomic E-state index is 9.55. The van der Waals surface area contributed by atoms with E-state index in [1.165, 1.54) is 12.8 Å². The van der Waals surface area contributed by atoms with E-state index in [0.717, 1.165) is 29.8 Å². The number of fused-ring (bicyclic) bond motifs is 1. The number of carboxylic acids is 2. The second-order valence-electron chi connectivity index (χ2n) is 6.96. The lowest BCUT2D eigenvalue weighted by atomic mass is 10.0. The minimum Gasteiger partial charge on any atom is -0.478 e. The number of hydrogen-bond donors (Lipinski definition) is 3. The number of para-hydroxylation sites is 1. The van der Waals surface area contributed by atoms with Gasteiger partial charge in [0.25, 0.3) is 0 Å². The molecule has 0 radical (unpaired) electrons. The first-order valence-corrected chi connectivity index (χ1v) is 9.91. The summed E-state index contributed by atoms with van der Waals surface area (Å²) in [5.41, 5.74) is 1.02. The van der Waals surface area contributed by atoms with Gasteiger partial charge in [-0.05, 0) is 43.7 Å². The molecule has 2 aromatic heterocycles. The summed E-state index contributed by atoms with van der Waals surface area (Å²) in [6, 6.07) is 14.0. The van der Waals surface area contributed by atoms with Gasteiger partial charge in [0.2, 0.25) is 5.88 Å². The summed E-state index contributed by atoms with van der Waals surface area (Å²) in [5.74, 6) is -0.461. The van der Waals surface area contributed by atoms with Crippen LogP contribution in [0.1, 0.15) is 12.8 Å². The monoisotopic (exact) mass is 424 g/mol. The third-order valence-corrected chi connectivity index (χ3v) is 4.64. The molecule has 3 N–H and O–H groups in total. The number of nitrogens with one attached hydrogen (secondary N) is 1. The van der Waals surface area contributed by atoms with Gasteiger partial charge < -0.3 is 20.3 Å². The Morgan fingerprint density at radius 3 is 2.52 bits per heavy atom. The zero-order valence-electron chi connectivity index (χ0n) is 16.8. The van der Waals surface area contributed by atoms with E-state index in [4.69, 9.17) is 14.9 Å². The van der Waals surface area contributed by atoms with Crippen molar-refractivity contribution in [2.45, 2.75) is 12.8 Å². The number of aromatic nitrogens is 3. The summed E-state index contributed by atoms with van der Waals surface area (Å²) in [7, 11) is 0. The lowest BCUT2D eigenvalue weighted by Crippen LogP contribution is -2.33. The first-order valence-electron chi connectivity index (χ1n) is 9.91. The fourth-order valence-electron chi connectivity index (χ4n) is 3.20. The maximum Gasteiger partial charge on any atom is 0.328 e. The highest BCUT2D eigenvalue weighted by Crippen LogP contribution is 2.27. The average molecular weight is 424 g/mol. The molecule has 1 atom stereocenters. The highest BCUT2D eigenvalue weighted by Gasteiger charge is 2.17. The first-order chi connectivity index (χ1) is 15.0. The van der Waals surface area contributed by atoms with Crippen molar-refractivity contribution in [3.8, 4) is 11.7 Å². The molecule has 0 unspecified atom stereocenters. The molecule has 1 fully saturated rings. The lowest BCUT2D eigenvalue weighted by molar-refractivity contribution is -0.134. The molecule has 9 nitrogen and oxygen atoms in total. The van der Waals surface area contributed by atoms with E-state index in [2.05, 4.69) is 21.5 Å². The van der Waals surface area contributed by atoms with Crippen LogP contribution >= 0.6 is 0 Å². The minimum atomic E-state index is -1.26. The van der Waals surface area contributed by atoms with Gasteiger partial charge >= 0.3 is 11.9 Å². The van der Waals surface area contributed by atoms with E-state index in [-0.39, 0.29) is 0 Å². The number of aliphatic carboxylic acids is 2. The fraction of sp³-hybridized carbons (Fsp3) is 0.273. The Morgan fingerprint density at radius 2 is 1.87 bits per heavy atom. The second-order valence-corrected chi connectivity index (χ2v) is 6.96. The van der Waals surface area contributed by atoms with Crippen molar-refractivity contribution < 1.29 is 24.5 Å². The van der Waals surface area contributed by atoms with Gasteiger partial charge in [0.15, 0.2) is 5.82 Å². The van der Waals surface area contributed by atoms with Crippen LogP contribution in [0.25, 0.3) is 16.7 Å². The van der Waals surface area contributed by atoms with Gasteiger partial charge in [0.1, 0.15) is 0 Å². The molecule has 1 saturated heterocycles. The molecular formula is C22H24N4O5. The molecular weight excluding hydrogens is 400 g/mol. The summed E-state index contributed by atoms with van der Waals surface area (Å²) >= 11 is 0. The van der Waals surface area contributed by atoms with Crippen molar-refractivity contribution in [1.29, 1.82) is 0 Å². The number of benzene rings is 1. The molecule has 31 heavy (non-hydrogen) atoms. The standard InChI is InChI=1S/C18H20N4O.C4H4O4/c1-2-8-16-15(7-1)18(23-13-14-6-5-10-19-12-14)21-22(16)17-9-3-4-11-20-17;5-3(6)1-2-4(7)8/h1-4,7-9,11,14,19H,5-6,10,12-13H2;1-2H,(H,5,6)(H,7,8)/b;2-1-/t14-;/m0./s1. The number of pyridine rings is 1. The third kappa shape index (κ3) is 6.38. The molecule has 9 heteroatoms. The van der Waals surface area contributed by atoms with E-state index in [0.29, 0.717) is 30.6 Å². The molecule has 0 saturated carbocycles. The van der Waals surface area contributed by atoms with Crippen LogP contribution in [0.5, 0.6) is 5.88 Å². The Bertz CT molecular complexity index is 1030. The predicted molar refractivity (Wildman–Crippen MR) is 114 cm³/mol. The first kappa shape index (κ1) is 22.0. The van der Waals surface area contributed by atoms with Crippen molar-refractivity contribution in [2.24, 2.45) is 5.92 Å². The van der Waals surface area contributed by atoms with Gasteiger partial charge in [-0.1, -0.05) is 18.2 Å². The van der Waals surface area contributed by atoms with Gasteiger partial charge in [-0.25, -0.2) is 19.3 Å². The van der Waals surface area contributed by atoms with Crippen LogP contribution in [-0.2, 0) is 9.59 Å². The van der Waals surface area contributed by atoms with Crippen LogP contribution in [0, 0.1) is 5.92 Å². The number of nitrogens with zero attached hydrogens (tertiary/aromatic N) is 3. The number of ether oxygens (including phenoxy) is 1. The van der Waals surface area contributed by atoms with E-state index in [1.807, 2.05) is 41.1 Å². The Labute approximate surface area is 179 Å². The van der Waals surface area contributed by atoms with E-state index >= 15 is 0 Å². The summed E-state index contributed by atoms with van der Waals surface area (Å²) in [5, 5.41) is 24.7. The van der Waals surface area contributed by atoms with Crippen molar-refractivity contribution >= 4 is 22.8 Å². The summed E-state index contributed by atoms with van der Waals surface area (Å²) in [6.07, 6.45) is 5.33. The molecule has 1 aliphatic heterocycles. The molecule has 1 aromatic carbocycles. The van der Waals surface area contributed by atoms with Crippen molar-refractivity contribution in [2.75, 3.05) is 19.7 Å². The Morgan fingerprint density at radius 1 is 1.13 bits per heavy atom. The van der Waals surface area contributed by atoms with E-state index in [1.54, 1.807) is 6.20 Å². The number of carbonyl (C=O) groups is 2. The minimum absolute atomic E-state index is 0.558. The van der Waals surface area contributed by atoms with Gasteiger partial charge in [0.05, 0.1) is 17.5 Å². The SMILES string of the molecule is O=C(O)/C=C\C(=O)O.c1ccc(-n2nc(OC[C@H]3CCCNC3)c3ccccc32)nc1. The molecule has 4 rings (SSSR count). The topological polar surface area (TPSA) is 127 Å². The highest BCUT2D eigenvalue weighted by molar-refractivity contribution is 5.89. The van der Waals surface area contributed by atoms with Crippen LogP contribution in [-0.4, -0.2) is 56.6 Å². The molecule has 0 spiro atoms. The Hall–Kier alpha value is -3.72. The summed E-state index contributed by atoms with van der Waals surface area (Å²) in [4.78, 5) is 23.5. The van der Waals surface area contributed by atoms with Crippen LogP contribution in [0.3, 0.4) is 0 Å². The Balaban J connectivity index is 0.000000293. The number of hydrogen-bond acceptors (Lipinski definition) is 6. The fourth-order valence-corrected chi connectivity index (χ4v) is 3.20. The molecule has 0 amide bonds. The van der Waals surface area contributed by atoms with E-state index in [9.17, 15) is 9.59 Å². The quantitative estimate of drug-likeness (QED) is 0.515. The molecule has 0 aliphatic carbocycles. The normalized spacial score (nSPS) is 15.9. The van der Waals surface area contributed by atoms with Crippen molar-refractivity contribution in [1.82, 2.24) is 20.1 Å². The zero-order chi connectivity index (χ0) is 22.1. The van der Waals surface area contributed by atoms with Gasteiger partial charge in [0, 0.05) is 30.8 Å². The number of carboxylic acid groups (broad SMARTS) is 2. The largest absolute Gasteiger partial charge is 0.478 e. The average Bonchev–Trinajstić information content (AvgIpc) is 3.17. The Kier molecular flexibility index (Phi) is 7.72. The van der Waals surface area contributed by atoms with Crippen LogP contribution < -0.4 is 10.1 Å². The third-order valence-electron chi connectivity index (χ3n) is 4.64. The highest BCUT2D eigenvalue weighted by atomic mass is 16.5. The van der Waals surface area contributed by atoms with Crippen molar-refractivity contribution in [3.63, 3.8) is 0 Å². The van der Waals surface area contributed by atoms with Crippen molar-refractivity contribution in [3.05, 3.63) is 60.8 Å². The van der Waals surface area contributed by atoms with Gasteiger partial charge in [-0.15, -0.1) is 5.10 Å². The molecule has 3 heterocycles. The molecule has 162 valence electrons. The predicted octanol–water partition coefficient (Wildman–Crippen LogP) is 2.51. The second kappa shape index (κ2) is 10.9. The maximum atomic E-state index is 9.55. The number of rotatable bonds is 6. The molecule has 3 aromatic rings. The smallest absolute Gasteiger partial charge is 0.328 e. The zero-order valence-corrected chi connectivity index (χ0v) is 16.8. The van der Waals surface area contributed by atoms with Gasteiger partial charge in [-0.2, -0.15) is 0 Å². The van der Waals surface area contributed by atoms with Crippen LogP contribution in [0.15, 0.2) is 60.8 Å². The molecule has 0 bridgehead atoms. The summed E-state index contributed by atoms with van der Waals surface area (Å²) < 4.78 is 7.91. The van der Waals surface area contributed by atoms with Crippen LogP contribution in [0.4, 0.5) is 0 Å². The van der Waals surface area contributed by atoms with E-state index < -0.39 is 11.9 Å². The lowest BCUT2D eigenvalue weighted by Gasteiger charge is -2.22.